The van der Waals surface area contributed by atoms with E-state index in [2.05, 4.69) is 41.3 Å². The van der Waals surface area contributed by atoms with Crippen molar-refractivity contribution in [2.45, 2.75) is 44.9 Å². The molecule has 4 heteroatoms. The number of rotatable bonds is 8. The number of nitrogens with zero attached hydrogens (tertiary/aromatic N) is 2. The molecule has 1 aromatic rings. The highest BCUT2D eigenvalue weighted by Crippen LogP contribution is 2.20. The molecule has 0 radical (unpaired) electrons. The Kier molecular flexibility index (Phi) is 6.43. The van der Waals surface area contributed by atoms with E-state index in [1.54, 1.807) is 0 Å². The third-order valence-corrected chi connectivity index (χ3v) is 3.71. The van der Waals surface area contributed by atoms with Crippen molar-refractivity contribution in [1.82, 2.24) is 15.2 Å². The van der Waals surface area contributed by atoms with E-state index in [0.29, 0.717) is 12.2 Å². The quantitative estimate of drug-likeness (QED) is 0.738. The molecule has 2 unspecified atom stereocenters. The van der Waals surface area contributed by atoms with Crippen LogP contribution in [0.3, 0.4) is 0 Å². The predicted molar refractivity (Wildman–Crippen MR) is 81.6 cm³/mol. The molecule has 1 fully saturated rings. The van der Waals surface area contributed by atoms with Crippen LogP contribution in [0, 0.1) is 0 Å². The summed E-state index contributed by atoms with van der Waals surface area (Å²) >= 11 is 0. The van der Waals surface area contributed by atoms with Crippen molar-refractivity contribution in [1.29, 1.82) is 0 Å². The van der Waals surface area contributed by atoms with Crippen LogP contribution in [-0.4, -0.2) is 48.8 Å². The third kappa shape index (κ3) is 5.19. The fraction of sp³-hybridized carbons (Fsp3) is 0.688. The summed E-state index contributed by atoms with van der Waals surface area (Å²) in [5.41, 5.74) is 1.31. The molecule has 2 atom stereocenters. The molecule has 0 aliphatic carbocycles. The van der Waals surface area contributed by atoms with Crippen molar-refractivity contribution in [3.8, 4) is 0 Å². The standard InChI is InChI=1S/C16H27N3O/c1-3-8-18-11-15-4-5-16(20-15)13-19(2)12-14-6-9-17-10-7-14/h6-7,9-10,15-16,18H,3-5,8,11-13H2,1-2H3. The van der Waals surface area contributed by atoms with Gasteiger partial charge in [-0.2, -0.15) is 0 Å². The van der Waals surface area contributed by atoms with Crippen LogP contribution in [0.4, 0.5) is 0 Å². The van der Waals surface area contributed by atoms with Gasteiger partial charge < -0.3 is 10.1 Å². The second kappa shape index (κ2) is 8.35. The monoisotopic (exact) mass is 277 g/mol. The molecular formula is C16H27N3O. The minimum absolute atomic E-state index is 0.385. The fourth-order valence-electron chi connectivity index (χ4n) is 2.72. The van der Waals surface area contributed by atoms with Crippen LogP contribution in [0.2, 0.25) is 0 Å². The summed E-state index contributed by atoms with van der Waals surface area (Å²) in [6.07, 6.45) is 8.04. The lowest BCUT2D eigenvalue weighted by molar-refractivity contribution is 0.0268. The van der Waals surface area contributed by atoms with E-state index in [4.69, 9.17) is 4.74 Å². The maximum absolute atomic E-state index is 6.10. The summed E-state index contributed by atoms with van der Waals surface area (Å²) in [5, 5.41) is 3.45. The highest BCUT2D eigenvalue weighted by atomic mass is 16.5. The molecule has 2 heterocycles. The molecule has 0 aromatic carbocycles. The summed E-state index contributed by atoms with van der Waals surface area (Å²) in [4.78, 5) is 6.39. The van der Waals surface area contributed by atoms with Crippen LogP contribution in [0.25, 0.3) is 0 Å². The molecule has 4 nitrogen and oxygen atoms in total. The van der Waals surface area contributed by atoms with Crippen LogP contribution >= 0.6 is 0 Å². The molecule has 0 amide bonds. The lowest BCUT2D eigenvalue weighted by Crippen LogP contribution is -2.31. The normalized spacial score (nSPS) is 22.6. The first-order chi connectivity index (χ1) is 9.78. The van der Waals surface area contributed by atoms with Crippen molar-refractivity contribution in [2.75, 3.05) is 26.7 Å². The van der Waals surface area contributed by atoms with Gasteiger partial charge in [-0.1, -0.05) is 6.92 Å². The molecule has 0 bridgehead atoms. The molecule has 0 saturated carbocycles. The van der Waals surface area contributed by atoms with Crippen LogP contribution in [0.1, 0.15) is 31.7 Å². The average molecular weight is 277 g/mol. The fourth-order valence-corrected chi connectivity index (χ4v) is 2.72. The largest absolute Gasteiger partial charge is 0.372 e. The number of ether oxygens (including phenoxy) is 1. The van der Waals surface area contributed by atoms with E-state index < -0.39 is 0 Å². The minimum atomic E-state index is 0.385. The van der Waals surface area contributed by atoms with Crippen LogP contribution in [-0.2, 0) is 11.3 Å². The van der Waals surface area contributed by atoms with Gasteiger partial charge in [-0.25, -0.2) is 0 Å². The van der Waals surface area contributed by atoms with Gasteiger partial charge in [-0.05, 0) is 50.6 Å². The summed E-state index contributed by atoms with van der Waals surface area (Å²) in [6, 6.07) is 4.15. The number of pyridine rings is 1. The number of aromatic nitrogens is 1. The van der Waals surface area contributed by atoms with Gasteiger partial charge in [0.05, 0.1) is 12.2 Å². The van der Waals surface area contributed by atoms with Crippen molar-refractivity contribution >= 4 is 0 Å². The van der Waals surface area contributed by atoms with Crippen molar-refractivity contribution < 1.29 is 4.74 Å². The lowest BCUT2D eigenvalue weighted by atomic mass is 10.2. The smallest absolute Gasteiger partial charge is 0.0707 e. The van der Waals surface area contributed by atoms with E-state index in [-0.39, 0.29) is 0 Å². The van der Waals surface area contributed by atoms with Crippen molar-refractivity contribution in [2.24, 2.45) is 0 Å². The maximum Gasteiger partial charge on any atom is 0.0707 e. The second-order valence-corrected chi connectivity index (χ2v) is 5.71. The molecule has 1 saturated heterocycles. The first-order valence-corrected chi connectivity index (χ1v) is 7.71. The molecule has 1 aliphatic heterocycles. The summed E-state index contributed by atoms with van der Waals surface area (Å²) in [6.45, 7) is 6.25. The van der Waals surface area contributed by atoms with Crippen LogP contribution < -0.4 is 5.32 Å². The lowest BCUT2D eigenvalue weighted by Gasteiger charge is -2.21. The number of hydrogen-bond acceptors (Lipinski definition) is 4. The highest BCUT2D eigenvalue weighted by molar-refractivity contribution is 5.09. The van der Waals surface area contributed by atoms with Crippen molar-refractivity contribution in [3.63, 3.8) is 0 Å². The van der Waals surface area contributed by atoms with E-state index in [9.17, 15) is 0 Å². The molecule has 1 N–H and O–H groups in total. The van der Waals surface area contributed by atoms with Gasteiger partial charge in [0.25, 0.3) is 0 Å². The topological polar surface area (TPSA) is 37.4 Å². The minimum Gasteiger partial charge on any atom is -0.372 e. The Morgan fingerprint density at radius 2 is 2.05 bits per heavy atom. The molecule has 1 aromatic heterocycles. The van der Waals surface area contributed by atoms with Gasteiger partial charge in [0.1, 0.15) is 0 Å². The maximum atomic E-state index is 6.10. The zero-order valence-corrected chi connectivity index (χ0v) is 12.7. The van der Waals surface area contributed by atoms with Crippen LogP contribution in [0.5, 0.6) is 0 Å². The van der Waals surface area contributed by atoms with E-state index in [0.717, 1.165) is 26.2 Å². The number of likely N-dealkylation sites (N-methyl/N-ethyl adjacent to an activating group) is 1. The molecule has 1 aliphatic rings. The Labute approximate surface area is 122 Å². The third-order valence-electron chi connectivity index (χ3n) is 3.71. The number of hydrogen-bond donors (Lipinski definition) is 1. The van der Waals surface area contributed by atoms with Gasteiger partial charge in [0.2, 0.25) is 0 Å². The zero-order chi connectivity index (χ0) is 14.2. The molecule has 112 valence electrons. The Bertz CT molecular complexity index is 371. The molecular weight excluding hydrogens is 250 g/mol. The zero-order valence-electron chi connectivity index (χ0n) is 12.7. The predicted octanol–water partition coefficient (Wildman–Crippen LogP) is 2.06. The summed E-state index contributed by atoms with van der Waals surface area (Å²) in [7, 11) is 2.16. The Hall–Kier alpha value is -0.970. The molecule has 20 heavy (non-hydrogen) atoms. The molecule has 2 rings (SSSR count). The molecule has 0 spiro atoms. The first kappa shape index (κ1) is 15.4. The van der Waals surface area contributed by atoms with Gasteiger partial charge in [0, 0.05) is 32.0 Å². The van der Waals surface area contributed by atoms with Gasteiger partial charge in [-0.3, -0.25) is 9.88 Å². The number of nitrogens with one attached hydrogen (secondary N) is 1. The van der Waals surface area contributed by atoms with E-state index in [1.807, 2.05) is 12.4 Å². The van der Waals surface area contributed by atoms with E-state index in [1.165, 1.54) is 24.8 Å². The van der Waals surface area contributed by atoms with Gasteiger partial charge in [0.15, 0.2) is 0 Å². The Morgan fingerprint density at radius 3 is 2.80 bits per heavy atom. The van der Waals surface area contributed by atoms with Gasteiger partial charge in [-0.15, -0.1) is 0 Å². The van der Waals surface area contributed by atoms with Crippen molar-refractivity contribution in [3.05, 3.63) is 30.1 Å². The average Bonchev–Trinajstić information content (AvgIpc) is 2.87. The Morgan fingerprint density at radius 1 is 1.30 bits per heavy atom. The second-order valence-electron chi connectivity index (χ2n) is 5.71. The Balaban J connectivity index is 1.66. The first-order valence-electron chi connectivity index (χ1n) is 7.71. The van der Waals surface area contributed by atoms with Crippen LogP contribution in [0.15, 0.2) is 24.5 Å². The summed E-state index contributed by atoms with van der Waals surface area (Å²) in [5.74, 6) is 0. The highest BCUT2D eigenvalue weighted by Gasteiger charge is 2.25. The van der Waals surface area contributed by atoms with E-state index >= 15 is 0 Å². The van der Waals surface area contributed by atoms with Gasteiger partial charge >= 0.3 is 0 Å². The summed E-state index contributed by atoms with van der Waals surface area (Å²) < 4.78 is 6.10. The SMILES string of the molecule is CCCNCC1CCC(CN(C)Cc2ccncc2)O1.